The molecule has 0 spiro atoms. The summed E-state index contributed by atoms with van der Waals surface area (Å²) in [4.78, 5) is 4.94. The predicted molar refractivity (Wildman–Crippen MR) is 144 cm³/mol. The van der Waals surface area contributed by atoms with Gasteiger partial charge in [0.25, 0.3) is 0 Å². The summed E-state index contributed by atoms with van der Waals surface area (Å²) >= 11 is 6.43. The van der Waals surface area contributed by atoms with E-state index in [1.54, 1.807) is 0 Å². The summed E-state index contributed by atoms with van der Waals surface area (Å²) in [7, 11) is 0. The number of imidazole rings is 1. The molecule has 33 heavy (non-hydrogen) atoms. The molecule has 0 unspecified atom stereocenters. The van der Waals surface area contributed by atoms with Crippen LogP contribution in [0.1, 0.15) is 108 Å². The van der Waals surface area contributed by atoms with Crippen LogP contribution in [0.15, 0.2) is 48.5 Å². The van der Waals surface area contributed by atoms with Crippen molar-refractivity contribution in [3.05, 3.63) is 64.9 Å². The van der Waals surface area contributed by atoms with E-state index in [0.29, 0.717) is 0 Å². The summed E-state index contributed by atoms with van der Waals surface area (Å²) in [6.07, 6.45) is 20.3. The van der Waals surface area contributed by atoms with Gasteiger partial charge < -0.3 is 4.57 Å². The molecule has 1 aromatic heterocycles. The van der Waals surface area contributed by atoms with Crippen molar-refractivity contribution in [2.45, 2.75) is 110 Å². The first kappa shape index (κ1) is 25.8. The van der Waals surface area contributed by atoms with Gasteiger partial charge in [0.1, 0.15) is 5.82 Å². The van der Waals surface area contributed by atoms with Crippen molar-refractivity contribution in [1.82, 2.24) is 9.55 Å². The van der Waals surface area contributed by atoms with Crippen LogP contribution >= 0.6 is 11.6 Å². The molecule has 0 fully saturated rings. The Hall–Kier alpha value is -1.80. The molecule has 3 heteroatoms. The molecule has 2 aromatic carbocycles. The Bertz CT molecular complexity index is 930. The van der Waals surface area contributed by atoms with Gasteiger partial charge in [0.15, 0.2) is 0 Å². The molecule has 0 N–H and O–H groups in total. The van der Waals surface area contributed by atoms with Gasteiger partial charge in [-0.25, -0.2) is 4.98 Å². The molecule has 1 heterocycles. The van der Waals surface area contributed by atoms with Crippen molar-refractivity contribution in [2.75, 3.05) is 0 Å². The van der Waals surface area contributed by atoms with Gasteiger partial charge in [0, 0.05) is 18.0 Å². The second kappa shape index (κ2) is 15.2. The maximum absolute atomic E-state index is 6.43. The van der Waals surface area contributed by atoms with E-state index in [1.165, 1.54) is 95.4 Å². The number of benzene rings is 2. The Balaban J connectivity index is 1.35. The zero-order chi connectivity index (χ0) is 23.1. The summed E-state index contributed by atoms with van der Waals surface area (Å²) in [5.41, 5.74) is 3.48. The summed E-state index contributed by atoms with van der Waals surface area (Å²) < 4.78 is 2.42. The van der Waals surface area contributed by atoms with Crippen LogP contribution < -0.4 is 0 Å². The predicted octanol–water partition coefficient (Wildman–Crippen LogP) is 9.76. The largest absolute Gasteiger partial charge is 0.328 e. The molecule has 0 saturated carbocycles. The zero-order valence-electron chi connectivity index (χ0n) is 20.7. The second-order valence-electron chi connectivity index (χ2n) is 9.53. The Morgan fingerprint density at radius 1 is 0.667 bits per heavy atom. The molecule has 3 rings (SSSR count). The first-order valence-electron chi connectivity index (χ1n) is 13.5. The lowest BCUT2D eigenvalue weighted by atomic mass is 10.0. The third-order valence-electron chi connectivity index (χ3n) is 6.78. The molecule has 0 aliphatic carbocycles. The maximum Gasteiger partial charge on any atom is 0.114 e. The number of hydrogen-bond acceptors (Lipinski definition) is 1. The van der Waals surface area contributed by atoms with Crippen LogP contribution in [0.3, 0.4) is 0 Å². The molecule has 180 valence electrons. The van der Waals surface area contributed by atoms with Crippen molar-refractivity contribution >= 4 is 22.6 Å². The molecular formula is C30H43ClN2. The normalized spacial score (nSPS) is 11.5. The molecular weight excluding hydrogens is 424 g/mol. The van der Waals surface area contributed by atoms with E-state index in [0.717, 1.165) is 34.9 Å². The highest BCUT2D eigenvalue weighted by molar-refractivity contribution is 6.31. The SMILES string of the molecule is CCCCCCCCCCCCCCCCn1c(Cc2ccccc2Cl)nc2ccccc21. The number of hydrogen-bond donors (Lipinski definition) is 0. The Morgan fingerprint density at radius 2 is 1.21 bits per heavy atom. The number of aryl methyl sites for hydroxylation is 1. The lowest BCUT2D eigenvalue weighted by Crippen LogP contribution is -2.05. The minimum Gasteiger partial charge on any atom is -0.328 e. The summed E-state index contributed by atoms with van der Waals surface area (Å²) in [5.74, 6) is 1.12. The van der Waals surface area contributed by atoms with Crippen LogP contribution in [0.5, 0.6) is 0 Å². The third-order valence-corrected chi connectivity index (χ3v) is 7.14. The second-order valence-corrected chi connectivity index (χ2v) is 9.94. The summed E-state index contributed by atoms with van der Waals surface area (Å²) in [6.45, 7) is 3.33. The van der Waals surface area contributed by atoms with Gasteiger partial charge in [-0.1, -0.05) is 132 Å². The minimum absolute atomic E-state index is 0.785. The fourth-order valence-electron chi connectivity index (χ4n) is 4.79. The number of unbranched alkanes of at least 4 members (excludes halogenated alkanes) is 13. The number of para-hydroxylation sites is 2. The van der Waals surface area contributed by atoms with Crippen LogP contribution in [0.4, 0.5) is 0 Å². The quantitative estimate of drug-likeness (QED) is 0.181. The van der Waals surface area contributed by atoms with E-state index >= 15 is 0 Å². The molecule has 0 atom stereocenters. The van der Waals surface area contributed by atoms with Gasteiger partial charge in [-0.2, -0.15) is 0 Å². The van der Waals surface area contributed by atoms with Crippen molar-refractivity contribution in [2.24, 2.45) is 0 Å². The molecule has 2 nitrogen and oxygen atoms in total. The number of rotatable bonds is 17. The molecule has 0 bridgehead atoms. The van der Waals surface area contributed by atoms with Crippen LogP contribution in [-0.4, -0.2) is 9.55 Å². The monoisotopic (exact) mass is 466 g/mol. The number of halogens is 1. The fourth-order valence-corrected chi connectivity index (χ4v) is 4.99. The topological polar surface area (TPSA) is 17.8 Å². The lowest BCUT2D eigenvalue weighted by molar-refractivity contribution is 0.523. The molecule has 3 aromatic rings. The van der Waals surface area contributed by atoms with Gasteiger partial charge in [-0.15, -0.1) is 0 Å². The molecule has 0 aliphatic heterocycles. The molecule has 0 radical (unpaired) electrons. The first-order chi connectivity index (χ1) is 16.3. The van der Waals surface area contributed by atoms with Crippen LogP contribution in [-0.2, 0) is 13.0 Å². The van der Waals surface area contributed by atoms with Crippen molar-refractivity contribution in [3.8, 4) is 0 Å². The number of fused-ring (bicyclic) bond motifs is 1. The summed E-state index contributed by atoms with van der Waals surface area (Å²) in [6, 6.07) is 16.6. The average Bonchev–Trinajstić information content (AvgIpc) is 3.18. The highest BCUT2D eigenvalue weighted by Gasteiger charge is 2.12. The molecule has 0 aliphatic rings. The highest BCUT2D eigenvalue weighted by atomic mass is 35.5. The van der Waals surface area contributed by atoms with Gasteiger partial charge >= 0.3 is 0 Å². The number of aromatic nitrogens is 2. The Kier molecular flexibility index (Phi) is 11.9. The van der Waals surface area contributed by atoms with Gasteiger partial charge in [0.05, 0.1) is 11.0 Å². The Morgan fingerprint density at radius 3 is 1.85 bits per heavy atom. The highest BCUT2D eigenvalue weighted by Crippen LogP contribution is 2.23. The maximum atomic E-state index is 6.43. The van der Waals surface area contributed by atoms with E-state index < -0.39 is 0 Å². The smallest absolute Gasteiger partial charge is 0.114 e. The lowest BCUT2D eigenvalue weighted by Gasteiger charge is -2.10. The van der Waals surface area contributed by atoms with Crippen molar-refractivity contribution < 1.29 is 0 Å². The molecule has 0 amide bonds. The summed E-state index contributed by atoms with van der Waals surface area (Å²) in [5, 5.41) is 0.826. The van der Waals surface area contributed by atoms with Crippen LogP contribution in [0.25, 0.3) is 11.0 Å². The standard InChI is InChI=1S/C30H43ClN2/c1-2-3-4-5-6-7-8-9-10-11-12-13-14-19-24-33-29-23-18-17-22-28(29)32-30(33)25-26-20-15-16-21-27(26)31/h15-18,20-23H,2-14,19,24-25H2,1H3. The van der Waals surface area contributed by atoms with Gasteiger partial charge in [0.2, 0.25) is 0 Å². The van der Waals surface area contributed by atoms with Gasteiger partial charge in [-0.05, 0) is 30.2 Å². The van der Waals surface area contributed by atoms with Crippen molar-refractivity contribution in [3.63, 3.8) is 0 Å². The third kappa shape index (κ3) is 8.81. The zero-order valence-corrected chi connectivity index (χ0v) is 21.5. The average molecular weight is 467 g/mol. The van der Waals surface area contributed by atoms with Gasteiger partial charge in [-0.3, -0.25) is 0 Å². The fraction of sp³-hybridized carbons (Fsp3) is 0.567. The van der Waals surface area contributed by atoms with Crippen molar-refractivity contribution in [1.29, 1.82) is 0 Å². The minimum atomic E-state index is 0.785. The van der Waals surface area contributed by atoms with E-state index in [1.807, 2.05) is 12.1 Å². The van der Waals surface area contributed by atoms with Crippen LogP contribution in [0.2, 0.25) is 5.02 Å². The number of nitrogens with zero attached hydrogens (tertiary/aromatic N) is 2. The van der Waals surface area contributed by atoms with E-state index in [-0.39, 0.29) is 0 Å². The van der Waals surface area contributed by atoms with Crippen LogP contribution in [0, 0.1) is 0 Å². The Labute approximate surface area is 206 Å². The van der Waals surface area contributed by atoms with E-state index in [9.17, 15) is 0 Å². The van der Waals surface area contributed by atoms with E-state index in [2.05, 4.69) is 47.9 Å². The first-order valence-corrected chi connectivity index (χ1v) is 13.8. The molecule has 0 saturated heterocycles. The van der Waals surface area contributed by atoms with E-state index in [4.69, 9.17) is 16.6 Å².